The zero-order valence-electron chi connectivity index (χ0n) is 10.5. The van der Waals surface area contributed by atoms with Crippen LogP contribution in [0.15, 0.2) is 0 Å². The zero-order chi connectivity index (χ0) is 13.3. The summed E-state index contributed by atoms with van der Waals surface area (Å²) in [7, 11) is 0. The van der Waals surface area contributed by atoms with Gasteiger partial charge in [0.2, 0.25) is 5.67 Å². The molecule has 1 saturated heterocycles. The Morgan fingerprint density at radius 1 is 1.71 bits per heavy atom. The molecule has 0 aliphatic carbocycles. The van der Waals surface area contributed by atoms with Gasteiger partial charge in [0.1, 0.15) is 12.2 Å². The number of aliphatic hydroxyl groups excluding tert-OH is 1. The molecule has 3 atom stereocenters. The number of hydrogen-bond acceptors (Lipinski definition) is 5. The van der Waals surface area contributed by atoms with Gasteiger partial charge in [-0.25, -0.2) is 9.18 Å². The Kier molecular flexibility index (Phi) is 4.11. The van der Waals surface area contributed by atoms with E-state index in [2.05, 4.69) is 4.74 Å². The summed E-state index contributed by atoms with van der Waals surface area (Å²) in [5.41, 5.74) is -2.51. The molecular weight excluding hydrogens is 231 g/mol. The number of ether oxygens (including phenoxy) is 3. The lowest BCUT2D eigenvalue weighted by Crippen LogP contribution is -2.51. The van der Waals surface area contributed by atoms with Crippen molar-refractivity contribution in [1.82, 2.24) is 0 Å². The number of rotatable bonds is 4. The number of carbonyl (C=O) groups excluding carboxylic acids is 1. The Morgan fingerprint density at radius 3 is 2.71 bits per heavy atom. The Hall–Kier alpha value is -0.720. The molecule has 0 saturated carbocycles. The fraction of sp³-hybridized carbons (Fsp3) is 0.909. The number of carbonyl (C=O) groups is 1. The summed E-state index contributed by atoms with van der Waals surface area (Å²) in [6.07, 6.45) is -2.51. The van der Waals surface area contributed by atoms with Crippen LogP contribution in [0.2, 0.25) is 0 Å². The van der Waals surface area contributed by atoms with Crippen molar-refractivity contribution in [2.24, 2.45) is 0 Å². The van der Waals surface area contributed by atoms with Crippen LogP contribution in [0.25, 0.3) is 0 Å². The van der Waals surface area contributed by atoms with E-state index in [4.69, 9.17) is 9.47 Å². The van der Waals surface area contributed by atoms with E-state index in [0.717, 1.165) is 6.92 Å². The highest BCUT2D eigenvalue weighted by molar-refractivity contribution is 5.79. The summed E-state index contributed by atoms with van der Waals surface area (Å²) in [6.45, 7) is 5.94. The van der Waals surface area contributed by atoms with Gasteiger partial charge in [0.25, 0.3) is 0 Å². The molecule has 1 N–H and O–H groups in total. The van der Waals surface area contributed by atoms with Crippen molar-refractivity contribution in [2.45, 2.75) is 51.4 Å². The van der Waals surface area contributed by atoms with Crippen molar-refractivity contribution in [3.05, 3.63) is 0 Å². The maximum atomic E-state index is 14.1. The lowest BCUT2D eigenvalue weighted by Gasteiger charge is -2.28. The molecule has 0 aromatic rings. The highest BCUT2D eigenvalue weighted by Crippen LogP contribution is 2.30. The summed E-state index contributed by atoms with van der Waals surface area (Å²) in [5, 5.41) is 9.83. The van der Waals surface area contributed by atoms with Gasteiger partial charge in [-0.3, -0.25) is 0 Å². The van der Waals surface area contributed by atoms with Gasteiger partial charge in [0, 0.05) is 0 Å². The molecule has 0 bridgehead atoms. The smallest absolute Gasteiger partial charge is 0.346 e. The van der Waals surface area contributed by atoms with Crippen LogP contribution >= 0.6 is 0 Å². The highest BCUT2D eigenvalue weighted by Gasteiger charge is 2.50. The SMILES string of the molecule is CCOC(=O)C(C)(F)C(O)[C@H]1COC(C)(C)O1. The van der Waals surface area contributed by atoms with Crippen LogP contribution in [0.4, 0.5) is 4.39 Å². The van der Waals surface area contributed by atoms with E-state index in [1.165, 1.54) is 0 Å². The number of hydrogen-bond donors (Lipinski definition) is 1. The van der Waals surface area contributed by atoms with E-state index in [1.54, 1.807) is 20.8 Å². The molecule has 0 amide bonds. The first-order valence-corrected chi connectivity index (χ1v) is 5.56. The van der Waals surface area contributed by atoms with Crippen molar-refractivity contribution in [3.63, 3.8) is 0 Å². The minimum atomic E-state index is -2.51. The van der Waals surface area contributed by atoms with Crippen molar-refractivity contribution >= 4 is 5.97 Å². The Morgan fingerprint density at radius 2 is 2.29 bits per heavy atom. The molecule has 0 aromatic carbocycles. The third-order valence-corrected chi connectivity index (χ3v) is 2.61. The lowest BCUT2D eigenvalue weighted by molar-refractivity contribution is -0.183. The van der Waals surface area contributed by atoms with E-state index in [1.807, 2.05) is 0 Å². The molecule has 1 rings (SSSR count). The Bertz CT molecular complexity index is 290. The molecule has 1 aliphatic heterocycles. The first-order chi connectivity index (χ1) is 7.70. The average molecular weight is 250 g/mol. The minimum Gasteiger partial charge on any atom is -0.464 e. The lowest BCUT2D eigenvalue weighted by atomic mass is 9.97. The van der Waals surface area contributed by atoms with E-state index in [-0.39, 0.29) is 13.2 Å². The molecule has 0 aromatic heterocycles. The molecule has 0 radical (unpaired) electrons. The van der Waals surface area contributed by atoms with Gasteiger partial charge in [0.05, 0.1) is 13.2 Å². The van der Waals surface area contributed by atoms with Gasteiger partial charge in [-0.2, -0.15) is 0 Å². The monoisotopic (exact) mass is 250 g/mol. The topological polar surface area (TPSA) is 65.0 Å². The van der Waals surface area contributed by atoms with Crippen LogP contribution in [-0.2, 0) is 19.0 Å². The summed E-state index contributed by atoms with van der Waals surface area (Å²) < 4.78 is 29.2. The van der Waals surface area contributed by atoms with Gasteiger partial charge < -0.3 is 19.3 Å². The van der Waals surface area contributed by atoms with E-state index in [9.17, 15) is 14.3 Å². The van der Waals surface area contributed by atoms with Crippen molar-refractivity contribution in [1.29, 1.82) is 0 Å². The fourth-order valence-electron chi connectivity index (χ4n) is 1.61. The second-order valence-electron chi connectivity index (χ2n) is 4.61. The van der Waals surface area contributed by atoms with Crippen LogP contribution in [0.3, 0.4) is 0 Å². The molecule has 100 valence electrons. The van der Waals surface area contributed by atoms with E-state index >= 15 is 0 Å². The van der Waals surface area contributed by atoms with Gasteiger partial charge in [-0.15, -0.1) is 0 Å². The number of aliphatic hydroxyl groups is 1. The normalized spacial score (nSPS) is 28.5. The van der Waals surface area contributed by atoms with Crippen molar-refractivity contribution < 1.29 is 28.5 Å². The molecular formula is C11H19FO5. The van der Waals surface area contributed by atoms with Crippen LogP contribution < -0.4 is 0 Å². The molecule has 1 heterocycles. The van der Waals surface area contributed by atoms with Crippen molar-refractivity contribution in [2.75, 3.05) is 13.2 Å². The predicted molar refractivity (Wildman–Crippen MR) is 57.1 cm³/mol. The number of esters is 1. The number of alkyl halides is 1. The summed E-state index contributed by atoms with van der Waals surface area (Å²) in [5.74, 6) is -1.98. The largest absolute Gasteiger partial charge is 0.464 e. The summed E-state index contributed by atoms with van der Waals surface area (Å²) >= 11 is 0. The summed E-state index contributed by atoms with van der Waals surface area (Å²) in [4.78, 5) is 11.4. The average Bonchev–Trinajstić information content (AvgIpc) is 2.58. The molecule has 6 heteroatoms. The highest BCUT2D eigenvalue weighted by atomic mass is 19.1. The van der Waals surface area contributed by atoms with Crippen LogP contribution in [0.1, 0.15) is 27.7 Å². The zero-order valence-corrected chi connectivity index (χ0v) is 10.5. The molecule has 5 nitrogen and oxygen atoms in total. The molecule has 17 heavy (non-hydrogen) atoms. The third-order valence-electron chi connectivity index (χ3n) is 2.61. The maximum absolute atomic E-state index is 14.1. The minimum absolute atomic E-state index is 0.0348. The van der Waals surface area contributed by atoms with Gasteiger partial charge in [-0.1, -0.05) is 0 Å². The van der Waals surface area contributed by atoms with Gasteiger partial charge in [0.15, 0.2) is 5.79 Å². The molecule has 1 aliphatic rings. The van der Waals surface area contributed by atoms with Gasteiger partial charge in [-0.05, 0) is 27.7 Å². The van der Waals surface area contributed by atoms with E-state index < -0.39 is 29.6 Å². The molecule has 0 spiro atoms. The standard InChI is InChI=1S/C11H19FO5/c1-5-15-9(14)11(4,12)8(13)7-6-16-10(2,3)17-7/h7-8,13H,5-6H2,1-4H3/t7-,8?,11?/m1/s1. The summed E-state index contributed by atoms with van der Waals surface area (Å²) in [6, 6.07) is 0. The van der Waals surface area contributed by atoms with Crippen LogP contribution in [0.5, 0.6) is 0 Å². The first-order valence-electron chi connectivity index (χ1n) is 5.56. The second-order valence-corrected chi connectivity index (χ2v) is 4.61. The van der Waals surface area contributed by atoms with Crippen LogP contribution in [0, 0.1) is 0 Å². The van der Waals surface area contributed by atoms with Gasteiger partial charge >= 0.3 is 5.97 Å². The molecule has 2 unspecified atom stereocenters. The quantitative estimate of drug-likeness (QED) is 0.747. The molecule has 1 fully saturated rings. The third kappa shape index (κ3) is 3.14. The van der Waals surface area contributed by atoms with E-state index in [0.29, 0.717) is 0 Å². The Labute approximate surface area is 99.8 Å². The first kappa shape index (κ1) is 14.3. The predicted octanol–water partition coefficient (Wildman–Crippen LogP) is 0.790. The fourth-order valence-corrected chi connectivity index (χ4v) is 1.61. The van der Waals surface area contributed by atoms with Crippen molar-refractivity contribution in [3.8, 4) is 0 Å². The Balaban J connectivity index is 2.69. The van der Waals surface area contributed by atoms with Crippen LogP contribution in [-0.4, -0.2) is 48.0 Å². The number of halogens is 1. The maximum Gasteiger partial charge on any atom is 0.346 e. The second kappa shape index (κ2) is 4.88.